The second kappa shape index (κ2) is 2.44. The van der Waals surface area contributed by atoms with Crippen LogP contribution in [-0.4, -0.2) is 10.5 Å². The number of anilines is 1. The third-order valence-corrected chi connectivity index (χ3v) is 2.18. The number of pyridine rings is 1. The quantitative estimate of drug-likeness (QED) is 0.728. The van der Waals surface area contributed by atoms with Crippen molar-refractivity contribution in [2.24, 2.45) is 0 Å². The zero-order valence-electron chi connectivity index (χ0n) is 6.97. The molecule has 1 aliphatic carbocycles. The van der Waals surface area contributed by atoms with Crippen LogP contribution in [0.2, 0.25) is 0 Å². The van der Waals surface area contributed by atoms with Crippen LogP contribution in [0.1, 0.15) is 19.8 Å². The fraction of sp³-hybridized carbons (Fsp3) is 0.444. The molecule has 64 valence electrons. The normalized spacial score (nSPS) is 18.8. The molecule has 1 heterocycles. The van der Waals surface area contributed by atoms with Gasteiger partial charge in [0.1, 0.15) is 0 Å². The fourth-order valence-corrected chi connectivity index (χ4v) is 1.08. The molecular formula is C9H11FN2. The van der Waals surface area contributed by atoms with Gasteiger partial charge in [-0.2, -0.15) is 0 Å². The number of aromatic nitrogens is 1. The van der Waals surface area contributed by atoms with Crippen LogP contribution in [0.25, 0.3) is 0 Å². The Balaban J connectivity index is 2.17. The SMILES string of the molecule is CC1(Nc2ncccc2F)CC1. The van der Waals surface area contributed by atoms with E-state index >= 15 is 0 Å². The Labute approximate surface area is 70.8 Å². The molecule has 0 aromatic carbocycles. The summed E-state index contributed by atoms with van der Waals surface area (Å²) in [6.45, 7) is 2.07. The Morgan fingerprint density at radius 1 is 1.58 bits per heavy atom. The van der Waals surface area contributed by atoms with Crippen LogP contribution in [0.3, 0.4) is 0 Å². The molecule has 2 rings (SSSR count). The van der Waals surface area contributed by atoms with Crippen molar-refractivity contribution >= 4 is 5.82 Å². The first-order valence-electron chi connectivity index (χ1n) is 4.08. The summed E-state index contributed by atoms with van der Waals surface area (Å²) in [4.78, 5) is 3.92. The lowest BCUT2D eigenvalue weighted by atomic mass is 10.3. The average Bonchev–Trinajstić information content (AvgIpc) is 2.74. The molecule has 0 bridgehead atoms. The lowest BCUT2D eigenvalue weighted by Crippen LogP contribution is -2.17. The average molecular weight is 166 g/mol. The van der Waals surface area contributed by atoms with Crippen molar-refractivity contribution in [3.63, 3.8) is 0 Å². The molecule has 0 aliphatic heterocycles. The predicted molar refractivity (Wildman–Crippen MR) is 45.5 cm³/mol. The zero-order valence-corrected chi connectivity index (χ0v) is 6.97. The molecule has 0 amide bonds. The first kappa shape index (κ1) is 7.53. The summed E-state index contributed by atoms with van der Waals surface area (Å²) in [5.41, 5.74) is 0.0925. The molecule has 2 nitrogen and oxygen atoms in total. The van der Waals surface area contributed by atoms with Gasteiger partial charge in [-0.25, -0.2) is 9.37 Å². The third kappa shape index (κ3) is 1.40. The molecule has 1 saturated carbocycles. The van der Waals surface area contributed by atoms with E-state index in [2.05, 4.69) is 17.2 Å². The highest BCUT2D eigenvalue weighted by Crippen LogP contribution is 2.37. The molecule has 1 aromatic heterocycles. The highest BCUT2D eigenvalue weighted by molar-refractivity contribution is 5.40. The van der Waals surface area contributed by atoms with Crippen molar-refractivity contribution in [2.75, 3.05) is 5.32 Å². The molecule has 1 aromatic rings. The van der Waals surface area contributed by atoms with E-state index in [1.165, 1.54) is 6.07 Å². The molecule has 12 heavy (non-hydrogen) atoms. The maximum atomic E-state index is 13.0. The number of rotatable bonds is 2. The van der Waals surface area contributed by atoms with Gasteiger partial charge < -0.3 is 5.32 Å². The standard InChI is InChI=1S/C9H11FN2/c1-9(4-5-9)12-8-7(10)3-2-6-11-8/h2-3,6H,4-5H2,1H3,(H,11,12). The highest BCUT2D eigenvalue weighted by Gasteiger charge is 2.37. The monoisotopic (exact) mass is 166 g/mol. The summed E-state index contributed by atoms with van der Waals surface area (Å²) in [5, 5.41) is 3.07. The van der Waals surface area contributed by atoms with Gasteiger partial charge in [-0.15, -0.1) is 0 Å². The van der Waals surface area contributed by atoms with Crippen LogP contribution < -0.4 is 5.32 Å². The van der Waals surface area contributed by atoms with Crippen LogP contribution in [0.15, 0.2) is 18.3 Å². The smallest absolute Gasteiger partial charge is 0.165 e. The first-order valence-corrected chi connectivity index (χ1v) is 4.08. The van der Waals surface area contributed by atoms with E-state index in [1.807, 2.05) is 0 Å². The van der Waals surface area contributed by atoms with Crippen molar-refractivity contribution in [3.8, 4) is 0 Å². The van der Waals surface area contributed by atoms with Crippen LogP contribution in [0.5, 0.6) is 0 Å². The topological polar surface area (TPSA) is 24.9 Å². The Hall–Kier alpha value is -1.12. The van der Waals surface area contributed by atoms with E-state index in [-0.39, 0.29) is 11.4 Å². The van der Waals surface area contributed by atoms with Crippen LogP contribution in [-0.2, 0) is 0 Å². The Morgan fingerprint density at radius 2 is 2.33 bits per heavy atom. The van der Waals surface area contributed by atoms with E-state index in [1.54, 1.807) is 12.3 Å². The first-order chi connectivity index (χ1) is 5.70. The Morgan fingerprint density at radius 3 is 2.92 bits per heavy atom. The number of nitrogens with one attached hydrogen (secondary N) is 1. The molecule has 0 radical (unpaired) electrons. The van der Waals surface area contributed by atoms with Gasteiger partial charge in [0.25, 0.3) is 0 Å². The maximum absolute atomic E-state index is 13.0. The lowest BCUT2D eigenvalue weighted by molar-refractivity contribution is 0.619. The summed E-state index contributed by atoms with van der Waals surface area (Å²) < 4.78 is 13.0. The van der Waals surface area contributed by atoms with Crippen LogP contribution in [0.4, 0.5) is 10.2 Å². The summed E-state index contributed by atoms with van der Waals surface area (Å²) in [6.07, 6.45) is 3.79. The Bertz CT molecular complexity index is 294. The lowest BCUT2D eigenvalue weighted by Gasteiger charge is -2.11. The van der Waals surface area contributed by atoms with Gasteiger partial charge in [0.15, 0.2) is 11.6 Å². The fourth-order valence-electron chi connectivity index (χ4n) is 1.08. The molecule has 0 saturated heterocycles. The molecule has 0 spiro atoms. The zero-order chi connectivity index (χ0) is 8.60. The summed E-state index contributed by atoms with van der Waals surface area (Å²) in [7, 11) is 0. The second-order valence-corrected chi connectivity index (χ2v) is 3.52. The van der Waals surface area contributed by atoms with Crippen molar-refractivity contribution in [1.82, 2.24) is 4.98 Å². The molecule has 1 aliphatic rings. The van der Waals surface area contributed by atoms with Crippen molar-refractivity contribution in [1.29, 1.82) is 0 Å². The largest absolute Gasteiger partial charge is 0.362 e. The van der Waals surface area contributed by atoms with E-state index in [0.29, 0.717) is 5.82 Å². The third-order valence-electron chi connectivity index (χ3n) is 2.18. The predicted octanol–water partition coefficient (Wildman–Crippen LogP) is 2.19. The number of halogens is 1. The maximum Gasteiger partial charge on any atom is 0.165 e. The van der Waals surface area contributed by atoms with Crippen molar-refractivity contribution in [3.05, 3.63) is 24.1 Å². The molecule has 1 N–H and O–H groups in total. The van der Waals surface area contributed by atoms with Gasteiger partial charge >= 0.3 is 0 Å². The minimum absolute atomic E-state index is 0.0925. The van der Waals surface area contributed by atoms with Crippen LogP contribution >= 0.6 is 0 Å². The van der Waals surface area contributed by atoms with E-state index in [0.717, 1.165) is 12.8 Å². The van der Waals surface area contributed by atoms with Gasteiger partial charge in [-0.05, 0) is 31.9 Å². The summed E-state index contributed by atoms with van der Waals surface area (Å²) in [6, 6.07) is 3.01. The number of hydrogen-bond acceptors (Lipinski definition) is 2. The number of hydrogen-bond donors (Lipinski definition) is 1. The molecule has 3 heteroatoms. The van der Waals surface area contributed by atoms with Gasteiger partial charge in [0, 0.05) is 11.7 Å². The van der Waals surface area contributed by atoms with Crippen molar-refractivity contribution in [2.45, 2.75) is 25.3 Å². The minimum atomic E-state index is -0.273. The van der Waals surface area contributed by atoms with E-state index in [9.17, 15) is 4.39 Å². The van der Waals surface area contributed by atoms with E-state index < -0.39 is 0 Å². The molecular weight excluding hydrogens is 155 g/mol. The van der Waals surface area contributed by atoms with Gasteiger partial charge in [0.2, 0.25) is 0 Å². The summed E-state index contributed by atoms with van der Waals surface area (Å²) >= 11 is 0. The Kier molecular flexibility index (Phi) is 1.53. The highest BCUT2D eigenvalue weighted by atomic mass is 19.1. The summed E-state index contributed by atoms with van der Waals surface area (Å²) in [5.74, 6) is 0.100. The molecule has 0 unspecified atom stereocenters. The molecule has 0 atom stereocenters. The number of nitrogens with zero attached hydrogens (tertiary/aromatic N) is 1. The van der Waals surface area contributed by atoms with Gasteiger partial charge in [0.05, 0.1) is 0 Å². The van der Waals surface area contributed by atoms with Crippen LogP contribution in [0, 0.1) is 5.82 Å². The van der Waals surface area contributed by atoms with Gasteiger partial charge in [-0.1, -0.05) is 0 Å². The van der Waals surface area contributed by atoms with E-state index in [4.69, 9.17) is 0 Å². The van der Waals surface area contributed by atoms with Gasteiger partial charge in [-0.3, -0.25) is 0 Å². The second-order valence-electron chi connectivity index (χ2n) is 3.52. The minimum Gasteiger partial charge on any atom is -0.362 e. The van der Waals surface area contributed by atoms with Crippen molar-refractivity contribution < 1.29 is 4.39 Å². The molecule has 1 fully saturated rings.